The van der Waals surface area contributed by atoms with E-state index in [0.717, 1.165) is 48.7 Å². The number of carbonyl (C=O) groups excluding carboxylic acids is 1. The smallest absolute Gasteiger partial charge is 0.243 e. The fourth-order valence-electron chi connectivity index (χ4n) is 2.96. The Bertz CT molecular complexity index is 910. The van der Waals surface area contributed by atoms with E-state index >= 15 is 0 Å². The molecule has 0 heterocycles. The Labute approximate surface area is 184 Å². The predicted octanol–water partition coefficient (Wildman–Crippen LogP) is 5.54. The Hall–Kier alpha value is -3.47. The van der Waals surface area contributed by atoms with Crippen LogP contribution in [0.1, 0.15) is 25.3 Å². The zero-order valence-electron chi connectivity index (χ0n) is 18.0. The van der Waals surface area contributed by atoms with Crippen LogP contribution in [0.25, 0.3) is 0 Å². The third-order valence-corrected chi connectivity index (χ3v) is 4.71. The molecular formula is C26H30N2O3. The number of ether oxygens (including phenoxy) is 2. The maximum absolute atomic E-state index is 12.2. The van der Waals surface area contributed by atoms with E-state index in [9.17, 15) is 4.79 Å². The average Bonchev–Trinajstić information content (AvgIpc) is 2.81. The van der Waals surface area contributed by atoms with Crippen molar-refractivity contribution in [1.29, 1.82) is 0 Å². The highest BCUT2D eigenvalue weighted by atomic mass is 16.5. The molecule has 3 aromatic carbocycles. The molecule has 0 aromatic heterocycles. The van der Waals surface area contributed by atoms with Gasteiger partial charge in [-0.3, -0.25) is 4.79 Å². The van der Waals surface area contributed by atoms with Crippen molar-refractivity contribution in [3.8, 4) is 11.5 Å². The third kappa shape index (κ3) is 8.05. The van der Waals surface area contributed by atoms with Gasteiger partial charge in [-0.15, -0.1) is 0 Å². The molecule has 3 rings (SSSR count). The van der Waals surface area contributed by atoms with E-state index < -0.39 is 0 Å². The molecule has 5 nitrogen and oxygen atoms in total. The maximum atomic E-state index is 12.2. The van der Waals surface area contributed by atoms with Gasteiger partial charge < -0.3 is 20.1 Å². The first-order chi connectivity index (χ1) is 15.2. The maximum Gasteiger partial charge on any atom is 0.243 e. The largest absolute Gasteiger partial charge is 0.494 e. The molecule has 31 heavy (non-hydrogen) atoms. The van der Waals surface area contributed by atoms with Crippen LogP contribution < -0.4 is 20.1 Å². The van der Waals surface area contributed by atoms with Gasteiger partial charge in [-0.05, 0) is 60.5 Å². The van der Waals surface area contributed by atoms with Crippen LogP contribution in [-0.2, 0) is 11.2 Å². The van der Waals surface area contributed by atoms with Crippen LogP contribution in [0.15, 0.2) is 78.9 Å². The van der Waals surface area contributed by atoms with Crippen molar-refractivity contribution in [2.45, 2.75) is 26.2 Å². The highest BCUT2D eigenvalue weighted by Crippen LogP contribution is 2.17. The van der Waals surface area contributed by atoms with E-state index in [1.807, 2.05) is 66.7 Å². The summed E-state index contributed by atoms with van der Waals surface area (Å²) in [7, 11) is 0. The minimum absolute atomic E-state index is 0.110. The van der Waals surface area contributed by atoms with Crippen molar-refractivity contribution in [3.05, 3.63) is 84.4 Å². The molecule has 0 radical (unpaired) electrons. The summed E-state index contributed by atoms with van der Waals surface area (Å²) in [5.74, 6) is 1.52. The first-order valence-electron chi connectivity index (χ1n) is 10.8. The summed E-state index contributed by atoms with van der Waals surface area (Å²) < 4.78 is 11.4. The molecule has 162 valence electrons. The summed E-state index contributed by atoms with van der Waals surface area (Å²) in [5.41, 5.74) is 2.86. The lowest BCUT2D eigenvalue weighted by Crippen LogP contribution is -2.21. The van der Waals surface area contributed by atoms with Gasteiger partial charge in [0, 0.05) is 17.8 Å². The molecule has 0 aliphatic rings. The Morgan fingerprint density at radius 1 is 0.774 bits per heavy atom. The van der Waals surface area contributed by atoms with Gasteiger partial charge in [0.25, 0.3) is 0 Å². The van der Waals surface area contributed by atoms with Crippen molar-refractivity contribution in [1.82, 2.24) is 0 Å². The molecule has 5 heteroatoms. The molecule has 0 aliphatic heterocycles. The lowest BCUT2D eigenvalue weighted by molar-refractivity contribution is -0.114. The molecule has 2 N–H and O–H groups in total. The number of rotatable bonds is 12. The standard InChI is InChI=1S/C26H30N2O3/c1-2-3-18-30-24-13-9-22(10-14-24)27-20-26(29)28-23-11-15-25(16-12-23)31-19-17-21-7-5-4-6-8-21/h4-16,27H,2-3,17-20H2,1H3,(H,28,29). The number of carbonyl (C=O) groups is 1. The normalized spacial score (nSPS) is 10.4. The van der Waals surface area contributed by atoms with E-state index in [4.69, 9.17) is 9.47 Å². The Morgan fingerprint density at radius 2 is 1.39 bits per heavy atom. The Kier molecular flexibility index (Phi) is 8.80. The number of benzene rings is 3. The molecular weight excluding hydrogens is 388 g/mol. The molecule has 0 spiro atoms. The minimum atomic E-state index is -0.110. The lowest BCUT2D eigenvalue weighted by atomic mass is 10.2. The number of hydrogen-bond acceptors (Lipinski definition) is 4. The predicted molar refractivity (Wildman–Crippen MR) is 126 cm³/mol. The van der Waals surface area contributed by atoms with Crippen molar-refractivity contribution >= 4 is 17.3 Å². The van der Waals surface area contributed by atoms with Gasteiger partial charge in [0.2, 0.25) is 5.91 Å². The van der Waals surface area contributed by atoms with E-state index in [0.29, 0.717) is 6.61 Å². The summed E-state index contributed by atoms with van der Waals surface area (Å²) in [6, 6.07) is 25.3. The number of hydrogen-bond donors (Lipinski definition) is 2. The van der Waals surface area contributed by atoms with Crippen LogP contribution in [0.2, 0.25) is 0 Å². The third-order valence-electron chi connectivity index (χ3n) is 4.71. The lowest BCUT2D eigenvalue weighted by Gasteiger charge is -2.10. The van der Waals surface area contributed by atoms with Crippen LogP contribution in [-0.4, -0.2) is 25.7 Å². The number of nitrogens with one attached hydrogen (secondary N) is 2. The van der Waals surface area contributed by atoms with Gasteiger partial charge >= 0.3 is 0 Å². The molecule has 0 unspecified atom stereocenters. The first-order valence-corrected chi connectivity index (χ1v) is 10.8. The minimum Gasteiger partial charge on any atom is -0.494 e. The van der Waals surface area contributed by atoms with Crippen molar-refractivity contribution < 1.29 is 14.3 Å². The van der Waals surface area contributed by atoms with Crippen LogP contribution in [0.4, 0.5) is 11.4 Å². The van der Waals surface area contributed by atoms with Gasteiger partial charge in [0.15, 0.2) is 0 Å². The molecule has 0 saturated heterocycles. The van der Waals surface area contributed by atoms with Crippen LogP contribution in [0.5, 0.6) is 11.5 Å². The number of unbranched alkanes of at least 4 members (excludes halogenated alkanes) is 1. The summed E-state index contributed by atoms with van der Waals surface area (Å²) in [4.78, 5) is 12.2. The first kappa shape index (κ1) is 22.2. The number of anilines is 2. The topological polar surface area (TPSA) is 59.6 Å². The van der Waals surface area contributed by atoms with Crippen LogP contribution in [0.3, 0.4) is 0 Å². The molecule has 0 aliphatic carbocycles. The van der Waals surface area contributed by atoms with Gasteiger partial charge in [0.1, 0.15) is 11.5 Å². The number of amides is 1. The second-order valence-electron chi connectivity index (χ2n) is 7.24. The van der Waals surface area contributed by atoms with Gasteiger partial charge in [0.05, 0.1) is 19.8 Å². The van der Waals surface area contributed by atoms with Gasteiger partial charge in [-0.25, -0.2) is 0 Å². The Morgan fingerprint density at radius 3 is 2.03 bits per heavy atom. The molecule has 1 amide bonds. The quantitative estimate of drug-likeness (QED) is 0.379. The van der Waals surface area contributed by atoms with Gasteiger partial charge in [-0.1, -0.05) is 43.7 Å². The highest BCUT2D eigenvalue weighted by Gasteiger charge is 2.04. The molecule has 0 bridgehead atoms. The van der Waals surface area contributed by atoms with E-state index in [1.54, 1.807) is 0 Å². The summed E-state index contributed by atoms with van der Waals surface area (Å²) >= 11 is 0. The van der Waals surface area contributed by atoms with Crippen molar-refractivity contribution in [2.75, 3.05) is 30.4 Å². The van der Waals surface area contributed by atoms with Crippen LogP contribution >= 0.6 is 0 Å². The highest BCUT2D eigenvalue weighted by molar-refractivity contribution is 5.93. The molecule has 3 aromatic rings. The summed E-state index contributed by atoms with van der Waals surface area (Å²) in [6.45, 7) is 3.66. The fraction of sp³-hybridized carbons (Fsp3) is 0.269. The molecule has 0 saturated carbocycles. The monoisotopic (exact) mass is 418 g/mol. The fourth-order valence-corrected chi connectivity index (χ4v) is 2.96. The second-order valence-corrected chi connectivity index (χ2v) is 7.24. The Balaban J connectivity index is 1.37. The van der Waals surface area contributed by atoms with Crippen molar-refractivity contribution in [2.24, 2.45) is 0 Å². The molecule has 0 atom stereocenters. The second kappa shape index (κ2) is 12.3. The van der Waals surface area contributed by atoms with E-state index in [-0.39, 0.29) is 12.5 Å². The van der Waals surface area contributed by atoms with Crippen LogP contribution in [0, 0.1) is 0 Å². The summed E-state index contributed by atoms with van der Waals surface area (Å²) in [5, 5.41) is 6.01. The van der Waals surface area contributed by atoms with E-state index in [2.05, 4.69) is 29.7 Å². The SMILES string of the molecule is CCCCOc1ccc(NCC(=O)Nc2ccc(OCCc3ccccc3)cc2)cc1. The molecule has 0 fully saturated rings. The van der Waals surface area contributed by atoms with Crippen molar-refractivity contribution in [3.63, 3.8) is 0 Å². The van der Waals surface area contributed by atoms with Gasteiger partial charge in [-0.2, -0.15) is 0 Å². The zero-order chi connectivity index (χ0) is 21.7. The summed E-state index contributed by atoms with van der Waals surface area (Å²) in [6.07, 6.45) is 3.01. The van der Waals surface area contributed by atoms with E-state index in [1.165, 1.54) is 5.56 Å². The zero-order valence-corrected chi connectivity index (χ0v) is 18.0. The average molecular weight is 419 g/mol.